The lowest BCUT2D eigenvalue weighted by atomic mass is 10.4. The first-order valence-electron chi connectivity index (χ1n) is 5.68. The Bertz CT molecular complexity index is 749. The molecule has 108 valence electrons. The summed E-state index contributed by atoms with van der Waals surface area (Å²) >= 11 is 6.82. The van der Waals surface area contributed by atoms with Gasteiger partial charge in [0.1, 0.15) is 5.69 Å². The number of carbonyl (C=O) groups excluding carboxylic acids is 1. The molecule has 0 radical (unpaired) electrons. The quantitative estimate of drug-likeness (QED) is 0.928. The molecule has 2 aromatic rings. The number of amides is 1. The van der Waals surface area contributed by atoms with E-state index in [1.54, 1.807) is 17.7 Å². The number of aryl methyl sites for hydroxylation is 2. The average molecular weight is 334 g/mol. The predicted molar refractivity (Wildman–Crippen MR) is 76.6 cm³/mol. The monoisotopic (exact) mass is 333 g/mol. The van der Waals surface area contributed by atoms with Gasteiger partial charge in [-0.05, 0) is 19.9 Å². The number of aromatic nitrogens is 2. The molecule has 0 saturated carbocycles. The largest absolute Gasteiger partial charge is 0.342 e. The van der Waals surface area contributed by atoms with E-state index in [0.717, 1.165) is 11.3 Å². The Labute approximate surface area is 125 Å². The standard InChI is InChI=1S/C11H12ClN3O3S2/c1-3-15-6-8(12)4-9(15)11(16)14-20(17,18)10-5-13-7(2)19-10/h4-6H,3H2,1-2H3,(H,14,16). The summed E-state index contributed by atoms with van der Waals surface area (Å²) in [5, 5.41) is 0.987. The molecule has 2 aromatic heterocycles. The molecule has 0 atom stereocenters. The first-order valence-corrected chi connectivity index (χ1v) is 8.36. The summed E-state index contributed by atoms with van der Waals surface area (Å²) in [5.74, 6) is -0.718. The van der Waals surface area contributed by atoms with Gasteiger partial charge in [0.25, 0.3) is 15.9 Å². The average Bonchev–Trinajstić information content (AvgIpc) is 2.95. The minimum atomic E-state index is -3.90. The van der Waals surface area contributed by atoms with Crippen molar-refractivity contribution >= 4 is 38.9 Å². The molecule has 6 nitrogen and oxygen atoms in total. The molecule has 9 heteroatoms. The highest BCUT2D eigenvalue weighted by atomic mass is 35.5. The van der Waals surface area contributed by atoms with Crippen molar-refractivity contribution in [2.24, 2.45) is 0 Å². The van der Waals surface area contributed by atoms with Gasteiger partial charge in [0.15, 0.2) is 4.21 Å². The van der Waals surface area contributed by atoms with Crippen molar-refractivity contribution in [1.29, 1.82) is 0 Å². The van der Waals surface area contributed by atoms with Crippen molar-refractivity contribution in [2.45, 2.75) is 24.6 Å². The lowest BCUT2D eigenvalue weighted by Crippen LogP contribution is -2.31. The first kappa shape index (κ1) is 15.0. The van der Waals surface area contributed by atoms with Crippen molar-refractivity contribution in [3.05, 3.63) is 34.2 Å². The van der Waals surface area contributed by atoms with Gasteiger partial charge in [0.05, 0.1) is 16.2 Å². The normalized spacial score (nSPS) is 11.6. The zero-order valence-electron chi connectivity index (χ0n) is 10.8. The maximum Gasteiger partial charge on any atom is 0.281 e. The van der Waals surface area contributed by atoms with Crippen LogP contribution in [0.15, 0.2) is 22.7 Å². The summed E-state index contributed by atoms with van der Waals surface area (Å²) in [7, 11) is -3.90. The second-order valence-electron chi connectivity index (χ2n) is 3.96. The number of rotatable bonds is 4. The van der Waals surface area contributed by atoms with Crippen LogP contribution in [0.4, 0.5) is 0 Å². The third-order valence-corrected chi connectivity index (χ3v) is 5.44. The van der Waals surface area contributed by atoms with Crippen LogP contribution in [0, 0.1) is 6.92 Å². The van der Waals surface area contributed by atoms with Gasteiger partial charge >= 0.3 is 0 Å². The van der Waals surface area contributed by atoms with Crippen LogP contribution >= 0.6 is 22.9 Å². The lowest BCUT2D eigenvalue weighted by molar-refractivity contribution is 0.0972. The Morgan fingerprint density at radius 2 is 2.25 bits per heavy atom. The maximum absolute atomic E-state index is 12.0. The summed E-state index contributed by atoms with van der Waals surface area (Å²) in [4.78, 5) is 15.9. The van der Waals surface area contributed by atoms with Gasteiger partial charge in [-0.1, -0.05) is 11.6 Å². The fraction of sp³-hybridized carbons (Fsp3) is 0.273. The summed E-state index contributed by atoms with van der Waals surface area (Å²) in [5.41, 5.74) is 0.197. The highest BCUT2D eigenvalue weighted by Gasteiger charge is 2.23. The Balaban J connectivity index is 2.27. The van der Waals surface area contributed by atoms with E-state index in [0.29, 0.717) is 16.6 Å². The SMILES string of the molecule is CCn1cc(Cl)cc1C(=O)NS(=O)(=O)c1cnc(C)s1. The van der Waals surface area contributed by atoms with Crippen LogP contribution in [0.2, 0.25) is 5.02 Å². The van der Waals surface area contributed by atoms with E-state index in [-0.39, 0.29) is 9.90 Å². The molecule has 0 bridgehead atoms. The minimum Gasteiger partial charge on any atom is -0.342 e. The van der Waals surface area contributed by atoms with Gasteiger partial charge in [-0.15, -0.1) is 11.3 Å². The zero-order valence-corrected chi connectivity index (χ0v) is 13.1. The Hall–Kier alpha value is -1.38. The van der Waals surface area contributed by atoms with E-state index < -0.39 is 15.9 Å². The van der Waals surface area contributed by atoms with Crippen LogP contribution in [-0.2, 0) is 16.6 Å². The molecule has 0 aliphatic heterocycles. The molecule has 0 fully saturated rings. The molecular formula is C11H12ClN3O3S2. The van der Waals surface area contributed by atoms with Gasteiger partial charge < -0.3 is 4.57 Å². The molecule has 0 aromatic carbocycles. The highest BCUT2D eigenvalue weighted by molar-refractivity contribution is 7.92. The third kappa shape index (κ3) is 3.02. The molecule has 0 spiro atoms. The Kier molecular flexibility index (Phi) is 4.17. The molecule has 2 heterocycles. The lowest BCUT2D eigenvalue weighted by Gasteiger charge is -2.07. The smallest absolute Gasteiger partial charge is 0.281 e. The highest BCUT2D eigenvalue weighted by Crippen LogP contribution is 2.19. The van der Waals surface area contributed by atoms with Crippen molar-refractivity contribution < 1.29 is 13.2 Å². The topological polar surface area (TPSA) is 81.1 Å². The van der Waals surface area contributed by atoms with Crippen LogP contribution in [0.5, 0.6) is 0 Å². The van der Waals surface area contributed by atoms with E-state index in [2.05, 4.69) is 4.98 Å². The number of halogens is 1. The maximum atomic E-state index is 12.0. The predicted octanol–water partition coefficient (Wildman–Crippen LogP) is 2.05. The van der Waals surface area contributed by atoms with Gasteiger partial charge in [-0.3, -0.25) is 4.79 Å². The molecule has 1 N–H and O–H groups in total. The molecule has 0 aliphatic carbocycles. The summed E-state index contributed by atoms with van der Waals surface area (Å²) in [6, 6.07) is 1.42. The van der Waals surface area contributed by atoms with Gasteiger partial charge in [-0.2, -0.15) is 0 Å². The number of hydrogen-bond acceptors (Lipinski definition) is 5. The number of thiazole rings is 1. The van der Waals surface area contributed by atoms with Gasteiger partial charge in [0, 0.05) is 12.7 Å². The molecular weight excluding hydrogens is 322 g/mol. The van der Waals surface area contributed by atoms with E-state index in [4.69, 9.17) is 11.6 Å². The van der Waals surface area contributed by atoms with Gasteiger partial charge in [-0.25, -0.2) is 18.1 Å². The molecule has 0 unspecified atom stereocenters. The number of sulfonamides is 1. The molecule has 20 heavy (non-hydrogen) atoms. The number of hydrogen-bond donors (Lipinski definition) is 1. The molecule has 0 aliphatic rings. The summed E-state index contributed by atoms with van der Waals surface area (Å²) in [6.45, 7) is 4.02. The van der Waals surface area contributed by atoms with E-state index in [1.165, 1.54) is 12.3 Å². The van der Waals surface area contributed by atoms with Crippen LogP contribution in [0.25, 0.3) is 0 Å². The van der Waals surface area contributed by atoms with E-state index in [1.807, 2.05) is 11.6 Å². The van der Waals surface area contributed by atoms with Crippen LogP contribution in [0.1, 0.15) is 22.4 Å². The second kappa shape index (κ2) is 5.55. The van der Waals surface area contributed by atoms with E-state index >= 15 is 0 Å². The van der Waals surface area contributed by atoms with Crippen molar-refractivity contribution in [2.75, 3.05) is 0 Å². The zero-order chi connectivity index (χ0) is 14.9. The number of nitrogens with one attached hydrogen (secondary N) is 1. The fourth-order valence-corrected chi connectivity index (χ4v) is 3.91. The minimum absolute atomic E-state index is 0.00375. The number of carbonyl (C=O) groups is 1. The second-order valence-corrected chi connectivity index (χ2v) is 7.54. The molecule has 2 rings (SSSR count). The third-order valence-electron chi connectivity index (χ3n) is 2.53. The molecule has 0 saturated heterocycles. The Morgan fingerprint density at radius 1 is 1.55 bits per heavy atom. The summed E-state index contributed by atoms with van der Waals surface area (Å²) in [6.07, 6.45) is 2.79. The Morgan fingerprint density at radius 3 is 2.80 bits per heavy atom. The van der Waals surface area contributed by atoms with Crippen LogP contribution in [0.3, 0.4) is 0 Å². The first-order chi connectivity index (χ1) is 9.33. The number of nitrogens with zero attached hydrogens (tertiary/aromatic N) is 2. The van der Waals surface area contributed by atoms with Gasteiger partial charge in [0.2, 0.25) is 0 Å². The van der Waals surface area contributed by atoms with Crippen molar-refractivity contribution in [1.82, 2.24) is 14.3 Å². The van der Waals surface area contributed by atoms with Crippen molar-refractivity contribution in [3.63, 3.8) is 0 Å². The molecule has 1 amide bonds. The van der Waals surface area contributed by atoms with Crippen molar-refractivity contribution in [3.8, 4) is 0 Å². The van der Waals surface area contributed by atoms with Crippen LogP contribution in [-0.4, -0.2) is 23.9 Å². The van der Waals surface area contributed by atoms with E-state index in [9.17, 15) is 13.2 Å². The fourth-order valence-electron chi connectivity index (χ4n) is 1.62. The summed E-state index contributed by atoms with van der Waals surface area (Å²) < 4.78 is 27.7. The van der Waals surface area contributed by atoms with Crippen LogP contribution < -0.4 is 4.72 Å².